The predicted molar refractivity (Wildman–Crippen MR) is 118 cm³/mol. The van der Waals surface area contributed by atoms with Gasteiger partial charge in [0.05, 0.1) is 42.9 Å². The van der Waals surface area contributed by atoms with Crippen LogP contribution in [0.25, 0.3) is 22.6 Å². The van der Waals surface area contributed by atoms with E-state index >= 15 is 0 Å². The van der Waals surface area contributed by atoms with Crippen LogP contribution in [0, 0.1) is 17.5 Å². The van der Waals surface area contributed by atoms with E-state index in [9.17, 15) is 13.2 Å². The number of halogens is 3. The number of hydrazone groups is 1. The third-order valence-electron chi connectivity index (χ3n) is 5.29. The van der Waals surface area contributed by atoms with Gasteiger partial charge in [-0.15, -0.1) is 0 Å². The highest BCUT2D eigenvalue weighted by Gasteiger charge is 2.21. The molecule has 0 amide bonds. The Morgan fingerprint density at radius 3 is 2.79 bits per heavy atom. The van der Waals surface area contributed by atoms with Crippen LogP contribution in [0.15, 0.2) is 52.1 Å². The zero-order valence-corrected chi connectivity index (χ0v) is 18.2. The Labute approximate surface area is 192 Å². The van der Waals surface area contributed by atoms with Gasteiger partial charge in [0.25, 0.3) is 0 Å². The maximum atomic E-state index is 14.5. The summed E-state index contributed by atoms with van der Waals surface area (Å²) < 4.78 is 53.1. The average Bonchev–Trinajstić information content (AvgIpc) is 3.46. The zero-order chi connectivity index (χ0) is 23.7. The summed E-state index contributed by atoms with van der Waals surface area (Å²) in [5, 5.41) is 10.00. The molecule has 34 heavy (non-hydrogen) atoms. The van der Waals surface area contributed by atoms with Gasteiger partial charge in [-0.05, 0) is 30.7 Å². The topological polar surface area (TPSA) is 79.5 Å². The first-order chi connectivity index (χ1) is 16.5. The standard InChI is InChI=1S/C24H20F3N5O2/c1-2-8-33-14-6-7-16(19(26)9-14)20-10-15(34-31-20)12-32-13-22-21(11-28-32)29-24(30-22)17-4-3-5-18(25)23(17)27/h3-7,9-11H,2,8,12-13H2,1H3,(H,29,30). The van der Waals surface area contributed by atoms with E-state index in [2.05, 4.69) is 20.2 Å². The molecule has 4 aromatic rings. The molecule has 0 saturated carbocycles. The number of fused-ring (bicyclic) bond motifs is 1. The van der Waals surface area contributed by atoms with Crippen molar-refractivity contribution in [2.75, 3.05) is 6.61 Å². The lowest BCUT2D eigenvalue weighted by Gasteiger charge is -2.19. The number of imidazole rings is 1. The van der Waals surface area contributed by atoms with Gasteiger partial charge in [0.2, 0.25) is 0 Å². The van der Waals surface area contributed by atoms with Gasteiger partial charge in [-0.1, -0.05) is 18.1 Å². The van der Waals surface area contributed by atoms with E-state index < -0.39 is 17.5 Å². The molecule has 10 heteroatoms. The lowest BCUT2D eigenvalue weighted by molar-refractivity contribution is 0.229. The Morgan fingerprint density at radius 1 is 1.09 bits per heavy atom. The Bertz CT molecular complexity index is 1360. The van der Waals surface area contributed by atoms with Crippen LogP contribution in [0.1, 0.15) is 30.5 Å². The molecule has 1 N–H and O–H groups in total. The SMILES string of the molecule is CCCOc1ccc(-c2cc(CN3Cc4nc(-c5cccc(F)c5F)[nH]c4C=N3)on2)c(F)c1. The van der Waals surface area contributed by atoms with Gasteiger partial charge in [0, 0.05) is 17.7 Å². The molecule has 1 aliphatic heterocycles. The summed E-state index contributed by atoms with van der Waals surface area (Å²) in [6, 6.07) is 10.2. The number of ether oxygens (including phenoxy) is 1. The van der Waals surface area contributed by atoms with Crippen LogP contribution in [-0.4, -0.2) is 33.0 Å². The Morgan fingerprint density at radius 2 is 1.97 bits per heavy atom. The maximum Gasteiger partial charge on any atom is 0.169 e. The highest BCUT2D eigenvalue weighted by Crippen LogP contribution is 2.28. The molecule has 2 aromatic carbocycles. The fraction of sp³-hybridized carbons (Fsp3) is 0.208. The van der Waals surface area contributed by atoms with Crippen molar-refractivity contribution in [3.63, 3.8) is 0 Å². The van der Waals surface area contributed by atoms with E-state index in [1.54, 1.807) is 29.4 Å². The van der Waals surface area contributed by atoms with E-state index in [1.165, 1.54) is 18.2 Å². The van der Waals surface area contributed by atoms with Crippen molar-refractivity contribution in [1.29, 1.82) is 0 Å². The minimum absolute atomic E-state index is 0.0439. The van der Waals surface area contributed by atoms with Crippen molar-refractivity contribution < 1.29 is 22.4 Å². The fourth-order valence-corrected chi connectivity index (χ4v) is 3.62. The van der Waals surface area contributed by atoms with Gasteiger partial charge in [-0.2, -0.15) is 5.10 Å². The molecular weight excluding hydrogens is 447 g/mol. The summed E-state index contributed by atoms with van der Waals surface area (Å²) >= 11 is 0. The van der Waals surface area contributed by atoms with E-state index in [1.807, 2.05) is 6.92 Å². The second kappa shape index (κ2) is 9.05. The average molecular weight is 467 g/mol. The number of nitrogens with one attached hydrogen (secondary N) is 1. The summed E-state index contributed by atoms with van der Waals surface area (Å²) in [5.74, 6) is -1.20. The van der Waals surface area contributed by atoms with E-state index in [4.69, 9.17) is 9.26 Å². The number of H-pyrrole nitrogens is 1. The lowest BCUT2D eigenvalue weighted by atomic mass is 10.1. The molecule has 0 saturated heterocycles. The number of rotatable bonds is 7. The van der Waals surface area contributed by atoms with E-state index in [0.29, 0.717) is 47.3 Å². The molecule has 7 nitrogen and oxygen atoms in total. The van der Waals surface area contributed by atoms with Gasteiger partial charge in [0.1, 0.15) is 23.1 Å². The van der Waals surface area contributed by atoms with Crippen LogP contribution < -0.4 is 4.74 Å². The molecule has 0 atom stereocenters. The van der Waals surface area contributed by atoms with Gasteiger partial charge in [-0.25, -0.2) is 18.2 Å². The second-order valence-corrected chi connectivity index (χ2v) is 7.78. The minimum atomic E-state index is -0.964. The number of aromatic amines is 1. The largest absolute Gasteiger partial charge is 0.494 e. The Hall–Kier alpha value is -4.08. The summed E-state index contributed by atoms with van der Waals surface area (Å²) in [6.07, 6.45) is 2.39. The summed E-state index contributed by atoms with van der Waals surface area (Å²) in [5.41, 5.74) is 1.95. The highest BCUT2D eigenvalue weighted by molar-refractivity contribution is 5.80. The second-order valence-electron chi connectivity index (χ2n) is 7.78. The molecule has 1 aliphatic rings. The highest BCUT2D eigenvalue weighted by atomic mass is 19.2. The van der Waals surface area contributed by atoms with Gasteiger partial charge in [-0.3, -0.25) is 5.01 Å². The zero-order valence-electron chi connectivity index (χ0n) is 18.2. The number of hydrogen-bond donors (Lipinski definition) is 1. The molecule has 0 spiro atoms. The van der Waals surface area contributed by atoms with E-state index in [0.717, 1.165) is 12.5 Å². The van der Waals surface area contributed by atoms with Crippen LogP contribution >= 0.6 is 0 Å². The molecule has 0 unspecified atom stereocenters. The van der Waals surface area contributed by atoms with Crippen LogP contribution in [0.5, 0.6) is 5.75 Å². The number of nitrogens with zero attached hydrogens (tertiary/aromatic N) is 4. The van der Waals surface area contributed by atoms with Crippen molar-refractivity contribution in [3.8, 4) is 28.4 Å². The van der Waals surface area contributed by atoms with Crippen molar-refractivity contribution in [2.24, 2.45) is 5.10 Å². The molecule has 0 aliphatic carbocycles. The monoisotopic (exact) mass is 467 g/mol. The van der Waals surface area contributed by atoms with Crippen molar-refractivity contribution >= 4 is 6.21 Å². The first-order valence-corrected chi connectivity index (χ1v) is 10.7. The van der Waals surface area contributed by atoms with Gasteiger partial charge < -0.3 is 14.2 Å². The molecule has 0 fully saturated rings. The minimum Gasteiger partial charge on any atom is -0.494 e. The normalized spacial score (nSPS) is 12.8. The first-order valence-electron chi connectivity index (χ1n) is 10.7. The van der Waals surface area contributed by atoms with E-state index in [-0.39, 0.29) is 17.9 Å². The fourth-order valence-electron chi connectivity index (χ4n) is 3.62. The van der Waals surface area contributed by atoms with Crippen LogP contribution in [0.3, 0.4) is 0 Å². The molecule has 3 heterocycles. The number of hydrogen-bond acceptors (Lipinski definition) is 6. The third-order valence-corrected chi connectivity index (χ3v) is 5.29. The molecular formula is C24H20F3N5O2. The van der Waals surface area contributed by atoms with Gasteiger partial charge in [0.15, 0.2) is 17.4 Å². The molecule has 0 bridgehead atoms. The third kappa shape index (κ3) is 4.26. The van der Waals surface area contributed by atoms with Crippen molar-refractivity contribution in [3.05, 3.63) is 77.1 Å². The number of aromatic nitrogens is 3. The van der Waals surface area contributed by atoms with Crippen LogP contribution in [-0.2, 0) is 13.1 Å². The predicted octanol–water partition coefficient (Wildman–Crippen LogP) is 5.29. The molecule has 0 radical (unpaired) electrons. The van der Waals surface area contributed by atoms with Crippen LogP contribution in [0.2, 0.25) is 0 Å². The summed E-state index contributed by atoms with van der Waals surface area (Å²) in [4.78, 5) is 7.38. The Kier molecular flexibility index (Phi) is 5.79. The van der Waals surface area contributed by atoms with Crippen molar-refractivity contribution in [2.45, 2.75) is 26.4 Å². The Balaban J connectivity index is 1.29. The molecule has 5 rings (SSSR count). The molecule has 2 aromatic heterocycles. The summed E-state index contributed by atoms with van der Waals surface area (Å²) in [6.45, 7) is 3.07. The van der Waals surface area contributed by atoms with Crippen molar-refractivity contribution in [1.82, 2.24) is 20.1 Å². The molecule has 174 valence electrons. The number of benzene rings is 2. The van der Waals surface area contributed by atoms with Gasteiger partial charge >= 0.3 is 0 Å². The quantitative estimate of drug-likeness (QED) is 0.400. The lowest BCUT2D eigenvalue weighted by Crippen LogP contribution is -2.21. The smallest absolute Gasteiger partial charge is 0.169 e. The first kappa shape index (κ1) is 21.7. The summed E-state index contributed by atoms with van der Waals surface area (Å²) in [7, 11) is 0. The maximum absolute atomic E-state index is 14.5. The van der Waals surface area contributed by atoms with Crippen LogP contribution in [0.4, 0.5) is 13.2 Å².